The van der Waals surface area contributed by atoms with Crippen molar-refractivity contribution in [3.63, 3.8) is 0 Å². The highest BCUT2D eigenvalue weighted by atomic mass is 32.1. The molecule has 3 nitrogen and oxygen atoms in total. The number of hydrogen-bond donors (Lipinski definition) is 1. The van der Waals surface area contributed by atoms with Crippen molar-refractivity contribution < 1.29 is 0 Å². The van der Waals surface area contributed by atoms with Crippen LogP contribution in [0.5, 0.6) is 0 Å². The monoisotopic (exact) mass is 235 g/mol. The minimum atomic E-state index is 0.915. The quantitative estimate of drug-likeness (QED) is 0.883. The summed E-state index contributed by atoms with van der Waals surface area (Å²) in [4.78, 5) is 5.85. The molecule has 0 atom stereocenters. The first-order chi connectivity index (χ1) is 7.74. The number of nitrogens with zero attached hydrogens (tertiary/aromatic N) is 2. The van der Waals surface area contributed by atoms with Crippen molar-refractivity contribution in [2.75, 3.05) is 12.4 Å². The normalized spacial score (nSPS) is 10.7. The second kappa shape index (κ2) is 4.70. The summed E-state index contributed by atoms with van der Waals surface area (Å²) in [7, 11) is 1.91. The van der Waals surface area contributed by atoms with E-state index in [4.69, 9.17) is 0 Å². The SMILES string of the molecule is CCc1ccsc1Cn1cc(C)nc1NC. The molecular weight excluding hydrogens is 218 g/mol. The number of anilines is 1. The Hall–Kier alpha value is -1.29. The van der Waals surface area contributed by atoms with Gasteiger partial charge in [0, 0.05) is 18.1 Å². The molecule has 4 heteroatoms. The molecule has 2 rings (SSSR count). The molecule has 0 aromatic carbocycles. The average Bonchev–Trinajstić information content (AvgIpc) is 2.85. The van der Waals surface area contributed by atoms with Gasteiger partial charge < -0.3 is 9.88 Å². The summed E-state index contributed by atoms with van der Waals surface area (Å²) < 4.78 is 2.17. The Morgan fingerprint density at radius 2 is 2.31 bits per heavy atom. The van der Waals surface area contributed by atoms with E-state index in [1.54, 1.807) is 0 Å². The molecule has 0 aliphatic heterocycles. The van der Waals surface area contributed by atoms with Gasteiger partial charge >= 0.3 is 0 Å². The van der Waals surface area contributed by atoms with Crippen LogP contribution in [0.15, 0.2) is 17.6 Å². The van der Waals surface area contributed by atoms with Crippen molar-refractivity contribution in [2.45, 2.75) is 26.8 Å². The molecular formula is C12H17N3S. The van der Waals surface area contributed by atoms with Gasteiger partial charge in [0.15, 0.2) is 0 Å². The molecule has 0 saturated heterocycles. The zero-order valence-corrected chi connectivity index (χ0v) is 10.8. The summed E-state index contributed by atoms with van der Waals surface area (Å²) in [5.74, 6) is 0.938. The number of aryl methyl sites for hydroxylation is 2. The van der Waals surface area contributed by atoms with Crippen molar-refractivity contribution in [3.05, 3.63) is 33.8 Å². The molecule has 0 aliphatic carbocycles. The van der Waals surface area contributed by atoms with E-state index in [1.165, 1.54) is 10.4 Å². The van der Waals surface area contributed by atoms with Gasteiger partial charge in [-0.2, -0.15) is 0 Å². The lowest BCUT2D eigenvalue weighted by atomic mass is 10.2. The number of rotatable bonds is 4. The molecule has 2 aromatic rings. The largest absolute Gasteiger partial charge is 0.359 e. The van der Waals surface area contributed by atoms with Crippen LogP contribution in [0.25, 0.3) is 0 Å². The molecule has 86 valence electrons. The van der Waals surface area contributed by atoms with Crippen LogP contribution in [0.4, 0.5) is 5.95 Å². The van der Waals surface area contributed by atoms with E-state index < -0.39 is 0 Å². The van der Waals surface area contributed by atoms with Crippen LogP contribution in [0.2, 0.25) is 0 Å². The summed E-state index contributed by atoms with van der Waals surface area (Å²) in [6.07, 6.45) is 3.19. The van der Waals surface area contributed by atoms with E-state index in [0.29, 0.717) is 0 Å². The molecule has 0 bridgehead atoms. The molecule has 16 heavy (non-hydrogen) atoms. The van der Waals surface area contributed by atoms with Crippen molar-refractivity contribution in [1.29, 1.82) is 0 Å². The fraction of sp³-hybridized carbons (Fsp3) is 0.417. The molecule has 0 aliphatic rings. The lowest BCUT2D eigenvalue weighted by molar-refractivity contribution is 0.808. The third kappa shape index (κ3) is 2.11. The maximum atomic E-state index is 4.42. The van der Waals surface area contributed by atoms with Crippen molar-refractivity contribution >= 4 is 17.3 Å². The zero-order chi connectivity index (χ0) is 11.5. The molecule has 0 radical (unpaired) electrons. The minimum absolute atomic E-state index is 0.915. The molecule has 0 fully saturated rings. The van der Waals surface area contributed by atoms with Gasteiger partial charge in [-0.05, 0) is 30.4 Å². The Labute approximate surface area is 100 Å². The lowest BCUT2D eigenvalue weighted by Crippen LogP contribution is -2.04. The van der Waals surface area contributed by atoms with Crippen LogP contribution in [-0.2, 0) is 13.0 Å². The first kappa shape index (κ1) is 11.2. The summed E-state index contributed by atoms with van der Waals surface area (Å²) in [5.41, 5.74) is 2.50. The number of hydrogen-bond acceptors (Lipinski definition) is 3. The summed E-state index contributed by atoms with van der Waals surface area (Å²) in [6.45, 7) is 5.13. The third-order valence-corrected chi connectivity index (χ3v) is 3.60. The minimum Gasteiger partial charge on any atom is -0.359 e. The van der Waals surface area contributed by atoms with Gasteiger partial charge in [-0.25, -0.2) is 4.98 Å². The van der Waals surface area contributed by atoms with Gasteiger partial charge in [0.2, 0.25) is 5.95 Å². The molecule has 2 heterocycles. The molecule has 1 N–H and O–H groups in total. The number of imidazole rings is 1. The third-order valence-electron chi connectivity index (χ3n) is 2.65. The predicted molar refractivity (Wildman–Crippen MR) is 69.3 cm³/mol. The number of nitrogens with one attached hydrogen (secondary N) is 1. The lowest BCUT2D eigenvalue weighted by Gasteiger charge is -2.06. The van der Waals surface area contributed by atoms with Gasteiger partial charge in [-0.15, -0.1) is 11.3 Å². The van der Waals surface area contributed by atoms with E-state index in [0.717, 1.165) is 24.6 Å². The van der Waals surface area contributed by atoms with E-state index in [2.05, 4.69) is 39.4 Å². The fourth-order valence-corrected chi connectivity index (χ4v) is 2.82. The van der Waals surface area contributed by atoms with Crippen LogP contribution in [-0.4, -0.2) is 16.6 Å². The maximum Gasteiger partial charge on any atom is 0.203 e. The summed E-state index contributed by atoms with van der Waals surface area (Å²) in [5, 5.41) is 5.29. The average molecular weight is 235 g/mol. The zero-order valence-electron chi connectivity index (χ0n) is 9.95. The van der Waals surface area contributed by atoms with Gasteiger partial charge in [0.25, 0.3) is 0 Å². The Kier molecular flexibility index (Phi) is 3.29. The summed E-state index contributed by atoms with van der Waals surface area (Å²) >= 11 is 1.82. The van der Waals surface area contributed by atoms with Crippen LogP contribution < -0.4 is 5.32 Å². The summed E-state index contributed by atoms with van der Waals surface area (Å²) in [6, 6.07) is 2.21. The van der Waals surface area contributed by atoms with Crippen molar-refractivity contribution in [2.24, 2.45) is 0 Å². The highest BCUT2D eigenvalue weighted by Crippen LogP contribution is 2.20. The maximum absolute atomic E-state index is 4.42. The second-order valence-corrected chi connectivity index (χ2v) is 4.81. The van der Waals surface area contributed by atoms with E-state index in [9.17, 15) is 0 Å². The van der Waals surface area contributed by atoms with Crippen molar-refractivity contribution in [1.82, 2.24) is 9.55 Å². The number of aromatic nitrogens is 2. The highest BCUT2D eigenvalue weighted by molar-refractivity contribution is 7.10. The van der Waals surface area contributed by atoms with Gasteiger partial charge in [-0.1, -0.05) is 6.92 Å². The Morgan fingerprint density at radius 1 is 1.50 bits per heavy atom. The van der Waals surface area contributed by atoms with E-state index in [-0.39, 0.29) is 0 Å². The fourth-order valence-electron chi connectivity index (χ4n) is 1.84. The van der Waals surface area contributed by atoms with E-state index >= 15 is 0 Å². The standard InChI is InChI=1S/C12H17N3S/c1-4-10-5-6-16-11(10)8-15-7-9(2)14-12(15)13-3/h5-7H,4,8H2,1-3H3,(H,13,14). The molecule has 0 saturated carbocycles. The molecule has 0 spiro atoms. The Morgan fingerprint density at radius 3 is 3.00 bits per heavy atom. The van der Waals surface area contributed by atoms with Crippen molar-refractivity contribution in [3.8, 4) is 0 Å². The highest BCUT2D eigenvalue weighted by Gasteiger charge is 2.07. The van der Waals surface area contributed by atoms with Gasteiger partial charge in [-0.3, -0.25) is 0 Å². The van der Waals surface area contributed by atoms with Crippen LogP contribution in [0, 0.1) is 6.92 Å². The number of thiophene rings is 1. The Balaban J connectivity index is 2.26. The van der Waals surface area contributed by atoms with Gasteiger partial charge in [0.05, 0.1) is 12.2 Å². The molecule has 0 unspecified atom stereocenters. The molecule has 0 amide bonds. The Bertz CT molecular complexity index is 470. The second-order valence-electron chi connectivity index (χ2n) is 3.81. The van der Waals surface area contributed by atoms with Crippen LogP contribution >= 0.6 is 11.3 Å². The molecule has 2 aromatic heterocycles. The van der Waals surface area contributed by atoms with E-state index in [1.807, 2.05) is 25.3 Å². The predicted octanol–water partition coefficient (Wildman–Crippen LogP) is 2.91. The van der Waals surface area contributed by atoms with Gasteiger partial charge in [0.1, 0.15) is 0 Å². The van der Waals surface area contributed by atoms with Crippen LogP contribution in [0.3, 0.4) is 0 Å². The van der Waals surface area contributed by atoms with Crippen LogP contribution in [0.1, 0.15) is 23.1 Å². The first-order valence-corrected chi connectivity index (χ1v) is 6.39. The topological polar surface area (TPSA) is 29.9 Å². The first-order valence-electron chi connectivity index (χ1n) is 5.51. The smallest absolute Gasteiger partial charge is 0.203 e.